The van der Waals surface area contributed by atoms with Gasteiger partial charge in [-0.3, -0.25) is 0 Å². The maximum atomic E-state index is 8.93. The highest BCUT2D eigenvalue weighted by atomic mass is 35.5. The van der Waals surface area contributed by atoms with E-state index >= 15 is 0 Å². The molecule has 1 aromatic rings. The molecule has 0 bridgehead atoms. The first-order chi connectivity index (χ1) is 7.35. The standard InChI is InChI=1S/C9H14ClN3O2/c10-4-3-8-11-12-9(15-8)13(5-6-14)7-1-2-7/h7,14H,1-6H2. The molecule has 0 aliphatic heterocycles. The molecule has 0 spiro atoms. The Morgan fingerprint density at radius 3 is 2.87 bits per heavy atom. The SMILES string of the molecule is OCCN(c1nnc(CCCl)o1)C1CC1. The Kier molecular flexibility index (Phi) is 3.43. The number of hydrogen-bond donors (Lipinski definition) is 1. The topological polar surface area (TPSA) is 62.4 Å². The van der Waals surface area contributed by atoms with Gasteiger partial charge in [0.15, 0.2) is 0 Å². The minimum atomic E-state index is 0.101. The zero-order valence-corrected chi connectivity index (χ0v) is 9.15. The van der Waals surface area contributed by atoms with Crippen LogP contribution in [0.15, 0.2) is 4.42 Å². The lowest BCUT2D eigenvalue weighted by Gasteiger charge is -2.17. The Morgan fingerprint density at radius 2 is 2.27 bits per heavy atom. The number of hydrogen-bond acceptors (Lipinski definition) is 5. The second-order valence-electron chi connectivity index (χ2n) is 3.57. The van der Waals surface area contributed by atoms with E-state index in [0.717, 1.165) is 12.8 Å². The number of aromatic nitrogens is 2. The lowest BCUT2D eigenvalue weighted by atomic mass is 10.5. The van der Waals surface area contributed by atoms with Crippen molar-refractivity contribution in [2.75, 3.05) is 23.9 Å². The van der Waals surface area contributed by atoms with Crippen LogP contribution >= 0.6 is 11.6 Å². The quantitative estimate of drug-likeness (QED) is 0.735. The predicted octanol–water partition coefficient (Wildman–Crippen LogP) is 0.812. The van der Waals surface area contributed by atoms with Gasteiger partial charge in [0.25, 0.3) is 0 Å². The van der Waals surface area contributed by atoms with E-state index < -0.39 is 0 Å². The fourth-order valence-electron chi connectivity index (χ4n) is 1.47. The Balaban J connectivity index is 2.04. The first-order valence-corrected chi connectivity index (χ1v) is 5.64. The van der Waals surface area contributed by atoms with E-state index in [4.69, 9.17) is 21.1 Å². The third-order valence-electron chi connectivity index (χ3n) is 2.34. The molecule has 5 nitrogen and oxygen atoms in total. The van der Waals surface area contributed by atoms with E-state index in [1.165, 1.54) is 0 Å². The largest absolute Gasteiger partial charge is 0.408 e. The third kappa shape index (κ3) is 2.60. The van der Waals surface area contributed by atoms with Gasteiger partial charge in [-0.25, -0.2) is 0 Å². The summed E-state index contributed by atoms with van der Waals surface area (Å²) in [6.07, 6.45) is 2.85. The summed E-state index contributed by atoms with van der Waals surface area (Å²) in [5.74, 6) is 1.04. The molecular formula is C9H14ClN3O2. The molecule has 1 fully saturated rings. The zero-order chi connectivity index (χ0) is 10.7. The van der Waals surface area contributed by atoms with E-state index in [2.05, 4.69) is 10.2 Å². The summed E-state index contributed by atoms with van der Waals surface area (Å²) in [6.45, 7) is 0.650. The number of aliphatic hydroxyl groups excluding tert-OH is 1. The van der Waals surface area contributed by atoms with E-state index in [0.29, 0.717) is 36.8 Å². The third-order valence-corrected chi connectivity index (χ3v) is 2.53. The van der Waals surface area contributed by atoms with Crippen molar-refractivity contribution >= 4 is 17.6 Å². The van der Waals surface area contributed by atoms with Crippen LogP contribution in [-0.2, 0) is 6.42 Å². The lowest BCUT2D eigenvalue weighted by molar-refractivity contribution is 0.297. The summed E-state index contributed by atoms with van der Waals surface area (Å²) in [4.78, 5) is 1.96. The van der Waals surface area contributed by atoms with Crippen molar-refractivity contribution in [2.24, 2.45) is 0 Å². The number of rotatable bonds is 6. The highest BCUT2D eigenvalue weighted by Crippen LogP contribution is 2.30. The highest BCUT2D eigenvalue weighted by molar-refractivity contribution is 6.17. The van der Waals surface area contributed by atoms with Crippen molar-refractivity contribution < 1.29 is 9.52 Å². The molecule has 1 N–H and O–H groups in total. The van der Waals surface area contributed by atoms with Gasteiger partial charge in [-0.1, -0.05) is 5.10 Å². The highest BCUT2D eigenvalue weighted by Gasteiger charge is 2.31. The van der Waals surface area contributed by atoms with Gasteiger partial charge in [0.2, 0.25) is 5.89 Å². The Morgan fingerprint density at radius 1 is 1.47 bits per heavy atom. The summed E-state index contributed by atoms with van der Waals surface area (Å²) in [5.41, 5.74) is 0. The van der Waals surface area contributed by atoms with Gasteiger partial charge in [-0.15, -0.1) is 16.7 Å². The molecule has 1 aliphatic rings. The minimum absolute atomic E-state index is 0.101. The maximum absolute atomic E-state index is 8.93. The number of anilines is 1. The monoisotopic (exact) mass is 231 g/mol. The molecule has 1 heterocycles. The number of aliphatic hydroxyl groups is 1. The smallest absolute Gasteiger partial charge is 0.318 e. The van der Waals surface area contributed by atoms with E-state index in [9.17, 15) is 0 Å². The van der Waals surface area contributed by atoms with Crippen LogP contribution in [0.25, 0.3) is 0 Å². The molecule has 0 unspecified atom stereocenters. The van der Waals surface area contributed by atoms with Gasteiger partial charge in [0.05, 0.1) is 6.61 Å². The average molecular weight is 232 g/mol. The van der Waals surface area contributed by atoms with Crippen LogP contribution in [0.4, 0.5) is 6.01 Å². The summed E-state index contributed by atoms with van der Waals surface area (Å²) < 4.78 is 5.45. The molecule has 84 valence electrons. The fraction of sp³-hybridized carbons (Fsp3) is 0.778. The second kappa shape index (κ2) is 4.81. The first kappa shape index (κ1) is 10.7. The van der Waals surface area contributed by atoms with Crippen molar-refractivity contribution in [1.82, 2.24) is 10.2 Å². The minimum Gasteiger partial charge on any atom is -0.408 e. The molecule has 1 aromatic heterocycles. The summed E-state index contributed by atoms with van der Waals surface area (Å²) in [5, 5.41) is 16.8. The van der Waals surface area contributed by atoms with E-state index in [1.54, 1.807) is 0 Å². The van der Waals surface area contributed by atoms with Gasteiger partial charge < -0.3 is 14.4 Å². The molecule has 6 heteroatoms. The van der Waals surface area contributed by atoms with E-state index in [1.807, 2.05) is 4.90 Å². The predicted molar refractivity (Wildman–Crippen MR) is 56.2 cm³/mol. The molecule has 2 rings (SSSR count). The van der Waals surface area contributed by atoms with Gasteiger partial charge >= 0.3 is 6.01 Å². The van der Waals surface area contributed by atoms with Crippen LogP contribution < -0.4 is 4.90 Å². The molecule has 0 amide bonds. The number of nitrogens with zero attached hydrogens (tertiary/aromatic N) is 3. The van der Waals surface area contributed by atoms with Crippen molar-refractivity contribution in [3.05, 3.63) is 5.89 Å². The van der Waals surface area contributed by atoms with Crippen molar-refractivity contribution in [1.29, 1.82) is 0 Å². The molecule has 0 aromatic carbocycles. The van der Waals surface area contributed by atoms with Gasteiger partial charge in [-0.2, -0.15) is 0 Å². The average Bonchev–Trinajstić information content (AvgIpc) is 2.96. The van der Waals surface area contributed by atoms with Crippen molar-refractivity contribution in [3.63, 3.8) is 0 Å². The van der Waals surface area contributed by atoms with Gasteiger partial charge in [-0.05, 0) is 12.8 Å². The first-order valence-electron chi connectivity index (χ1n) is 5.11. The van der Waals surface area contributed by atoms with Crippen LogP contribution in [-0.4, -0.2) is 40.4 Å². The van der Waals surface area contributed by atoms with Gasteiger partial charge in [0.1, 0.15) is 0 Å². The molecular weight excluding hydrogens is 218 g/mol. The molecule has 1 aliphatic carbocycles. The normalized spacial score (nSPS) is 15.6. The summed E-state index contributed by atoms with van der Waals surface area (Å²) in [7, 11) is 0. The zero-order valence-electron chi connectivity index (χ0n) is 8.40. The van der Waals surface area contributed by atoms with Crippen LogP contribution in [0.5, 0.6) is 0 Å². The van der Waals surface area contributed by atoms with Crippen LogP contribution in [0, 0.1) is 0 Å². The van der Waals surface area contributed by atoms with E-state index in [-0.39, 0.29) is 6.61 Å². The molecule has 15 heavy (non-hydrogen) atoms. The fourth-order valence-corrected chi connectivity index (χ4v) is 1.63. The summed E-state index contributed by atoms with van der Waals surface area (Å²) in [6, 6.07) is 0.966. The molecule has 1 saturated carbocycles. The van der Waals surface area contributed by atoms with Crippen LogP contribution in [0.2, 0.25) is 0 Å². The molecule has 0 atom stereocenters. The van der Waals surface area contributed by atoms with Crippen molar-refractivity contribution in [3.8, 4) is 0 Å². The van der Waals surface area contributed by atoms with Crippen LogP contribution in [0.3, 0.4) is 0 Å². The molecule has 0 radical (unpaired) electrons. The Labute approximate surface area is 93.0 Å². The number of halogens is 1. The molecule has 0 saturated heterocycles. The second-order valence-corrected chi connectivity index (χ2v) is 3.94. The lowest BCUT2D eigenvalue weighted by Crippen LogP contribution is -2.29. The van der Waals surface area contributed by atoms with Gasteiger partial charge in [0, 0.05) is 24.9 Å². The number of aryl methyl sites for hydroxylation is 1. The van der Waals surface area contributed by atoms with Crippen molar-refractivity contribution in [2.45, 2.75) is 25.3 Å². The van der Waals surface area contributed by atoms with Crippen LogP contribution in [0.1, 0.15) is 18.7 Å². The Bertz CT molecular complexity index is 314. The summed E-state index contributed by atoms with van der Waals surface area (Å²) >= 11 is 5.58. The Hall–Kier alpha value is -0.810. The number of alkyl halides is 1. The maximum Gasteiger partial charge on any atom is 0.318 e.